The number of nitrogens with zero attached hydrogens (tertiary/aromatic N) is 4. The molecule has 0 amide bonds. The van der Waals surface area contributed by atoms with Crippen LogP contribution in [-0.2, 0) is 0 Å². The highest BCUT2D eigenvalue weighted by molar-refractivity contribution is 7.25. The number of halogens is 1. The zero-order valence-electron chi connectivity index (χ0n) is 30.8. The van der Waals surface area contributed by atoms with Crippen molar-refractivity contribution in [3.8, 4) is 39.8 Å². The van der Waals surface area contributed by atoms with Gasteiger partial charge in [-0.2, -0.15) is 5.26 Å². The van der Waals surface area contributed by atoms with Crippen molar-refractivity contribution in [3.05, 3.63) is 187 Å². The van der Waals surface area contributed by atoms with Crippen LogP contribution in [0.25, 0.3) is 108 Å². The van der Waals surface area contributed by atoms with Crippen LogP contribution in [-0.4, -0.2) is 14.1 Å². The van der Waals surface area contributed by atoms with E-state index in [0.29, 0.717) is 22.3 Å². The molecular weight excluding hydrogens is 732 g/mol. The molecule has 0 saturated carbocycles. The monoisotopic (exact) mass is 760 g/mol. The number of pyridine rings is 1. The van der Waals surface area contributed by atoms with Gasteiger partial charge in [0.25, 0.3) is 0 Å². The summed E-state index contributed by atoms with van der Waals surface area (Å²) >= 11 is 1.84. The summed E-state index contributed by atoms with van der Waals surface area (Å²) in [6.45, 7) is 0. The first-order chi connectivity index (χ1) is 28.6. The van der Waals surface area contributed by atoms with Crippen molar-refractivity contribution < 1.29 is 4.39 Å². The van der Waals surface area contributed by atoms with Crippen LogP contribution in [0.3, 0.4) is 0 Å². The number of benzene rings is 8. The van der Waals surface area contributed by atoms with Gasteiger partial charge in [0.05, 0.1) is 39.2 Å². The van der Waals surface area contributed by atoms with Crippen LogP contribution in [0.5, 0.6) is 0 Å². The highest BCUT2D eigenvalue weighted by Crippen LogP contribution is 2.41. The second-order valence-electron chi connectivity index (χ2n) is 14.8. The standard InChI is InChI=1S/C52H29FN4S/c53-36-18-19-38-35(30-54)28-52(55-45(38)29-36)57-46-12-6-4-10-39(46)41-24-31(16-22-49(41)57)32-14-20-47-42(25-32)43-26-33(15-21-48(43)56(47)37-8-2-1-3-9-37)34-17-23-51-44(27-34)40-11-5-7-13-50(40)58-51/h1-29H. The minimum atomic E-state index is -0.387. The van der Waals surface area contributed by atoms with E-state index in [9.17, 15) is 9.65 Å². The van der Waals surface area contributed by atoms with Gasteiger partial charge in [-0.15, -0.1) is 11.3 Å². The van der Waals surface area contributed by atoms with Crippen LogP contribution in [0.1, 0.15) is 5.56 Å². The molecule has 0 atom stereocenters. The maximum absolute atomic E-state index is 14.4. The summed E-state index contributed by atoms with van der Waals surface area (Å²) in [7, 11) is 0. The molecule has 270 valence electrons. The summed E-state index contributed by atoms with van der Waals surface area (Å²) in [5.74, 6) is 0.187. The van der Waals surface area contributed by atoms with Crippen LogP contribution < -0.4 is 0 Å². The smallest absolute Gasteiger partial charge is 0.139 e. The Labute approximate surface area is 335 Å². The Morgan fingerprint density at radius 2 is 1.00 bits per heavy atom. The van der Waals surface area contributed by atoms with E-state index < -0.39 is 0 Å². The van der Waals surface area contributed by atoms with E-state index in [1.54, 1.807) is 12.1 Å². The quantitative estimate of drug-likeness (QED) is 0.179. The summed E-state index contributed by atoms with van der Waals surface area (Å²) in [5.41, 5.74) is 10.8. The molecule has 0 aliphatic carbocycles. The SMILES string of the molecule is N#Cc1cc(-n2c3ccccc3c3cc(-c4ccc5c(c4)c4cc(-c6ccc7sc8ccccc8c7c6)ccc4n5-c4ccccc4)ccc32)nc2cc(F)ccc12. The van der Waals surface area contributed by atoms with Crippen molar-refractivity contribution in [2.75, 3.05) is 0 Å². The molecule has 4 heterocycles. The average molecular weight is 761 g/mol. The molecule has 12 rings (SSSR count). The third-order valence-electron chi connectivity index (χ3n) is 11.6. The van der Waals surface area contributed by atoms with Gasteiger partial charge in [-0.05, 0) is 113 Å². The van der Waals surface area contributed by atoms with Crippen molar-refractivity contribution in [1.29, 1.82) is 5.26 Å². The molecule has 0 unspecified atom stereocenters. The Kier molecular flexibility index (Phi) is 7.01. The van der Waals surface area contributed by atoms with Gasteiger partial charge >= 0.3 is 0 Å². The number of aromatic nitrogens is 3. The zero-order valence-corrected chi connectivity index (χ0v) is 31.6. The van der Waals surface area contributed by atoms with Crippen LogP contribution in [0.4, 0.5) is 4.39 Å². The Morgan fingerprint density at radius 3 is 1.71 bits per heavy atom. The highest BCUT2D eigenvalue weighted by atomic mass is 32.1. The highest BCUT2D eigenvalue weighted by Gasteiger charge is 2.19. The number of thiophene rings is 1. The van der Waals surface area contributed by atoms with Gasteiger partial charge in [0, 0.05) is 58.9 Å². The summed E-state index contributed by atoms with van der Waals surface area (Å²) in [6, 6.07) is 63.0. The van der Waals surface area contributed by atoms with E-state index in [4.69, 9.17) is 4.98 Å². The van der Waals surface area contributed by atoms with Crippen molar-refractivity contribution in [3.63, 3.8) is 0 Å². The summed E-state index contributed by atoms with van der Waals surface area (Å²) in [6.07, 6.45) is 0. The number of hydrogen-bond donors (Lipinski definition) is 0. The van der Waals surface area contributed by atoms with E-state index in [-0.39, 0.29) is 5.82 Å². The number of nitriles is 1. The fraction of sp³-hybridized carbons (Fsp3) is 0. The van der Waals surface area contributed by atoms with Gasteiger partial charge in [-0.25, -0.2) is 9.37 Å². The Morgan fingerprint density at radius 1 is 0.448 bits per heavy atom. The average Bonchev–Trinajstić information content (AvgIpc) is 3.92. The van der Waals surface area contributed by atoms with Gasteiger partial charge < -0.3 is 4.57 Å². The Balaban J connectivity index is 1.05. The van der Waals surface area contributed by atoms with E-state index in [1.165, 1.54) is 54.2 Å². The van der Waals surface area contributed by atoms with Gasteiger partial charge in [0.2, 0.25) is 0 Å². The molecule has 6 heteroatoms. The van der Waals surface area contributed by atoms with Gasteiger partial charge in [-0.1, -0.05) is 78.9 Å². The van der Waals surface area contributed by atoms with Gasteiger partial charge in [0.1, 0.15) is 11.6 Å². The second-order valence-corrected chi connectivity index (χ2v) is 15.9. The molecular formula is C52H29FN4S. The lowest BCUT2D eigenvalue weighted by molar-refractivity contribution is 0.629. The number of fused-ring (bicyclic) bond motifs is 10. The van der Waals surface area contributed by atoms with Crippen molar-refractivity contribution >= 4 is 86.0 Å². The van der Waals surface area contributed by atoms with E-state index in [0.717, 1.165) is 49.7 Å². The molecule has 0 spiro atoms. The summed E-state index contributed by atoms with van der Waals surface area (Å²) in [4.78, 5) is 4.88. The molecule has 4 nitrogen and oxygen atoms in total. The number of hydrogen-bond acceptors (Lipinski definition) is 3. The lowest BCUT2D eigenvalue weighted by Crippen LogP contribution is -1.99. The maximum atomic E-state index is 14.4. The molecule has 0 fully saturated rings. The predicted molar refractivity (Wildman–Crippen MR) is 239 cm³/mol. The van der Waals surface area contributed by atoms with Crippen molar-refractivity contribution in [1.82, 2.24) is 14.1 Å². The first-order valence-corrected chi connectivity index (χ1v) is 20.0. The lowest BCUT2D eigenvalue weighted by Gasteiger charge is -2.10. The summed E-state index contributed by atoms with van der Waals surface area (Å²) < 4.78 is 21.4. The minimum Gasteiger partial charge on any atom is -0.309 e. The first kappa shape index (κ1) is 32.6. The normalized spacial score (nSPS) is 11.9. The largest absolute Gasteiger partial charge is 0.309 e. The number of rotatable bonds is 4. The molecule has 0 aliphatic heterocycles. The van der Waals surface area contributed by atoms with Crippen molar-refractivity contribution in [2.24, 2.45) is 0 Å². The third-order valence-corrected chi connectivity index (χ3v) is 12.8. The van der Waals surface area contributed by atoms with Crippen LogP contribution in [0.2, 0.25) is 0 Å². The van der Waals surface area contributed by atoms with Gasteiger partial charge in [0.15, 0.2) is 0 Å². The molecule has 0 bridgehead atoms. The molecule has 4 aromatic heterocycles. The second kappa shape index (κ2) is 12.5. The molecule has 0 aliphatic rings. The Bertz CT molecular complexity index is 3720. The predicted octanol–water partition coefficient (Wildman–Crippen LogP) is 14.1. The van der Waals surface area contributed by atoms with E-state index in [2.05, 4.69) is 155 Å². The fourth-order valence-electron chi connectivity index (χ4n) is 8.94. The molecule has 8 aromatic carbocycles. The molecule has 0 N–H and O–H groups in total. The van der Waals surface area contributed by atoms with E-state index >= 15 is 0 Å². The molecule has 0 radical (unpaired) electrons. The van der Waals surface area contributed by atoms with Crippen LogP contribution in [0.15, 0.2) is 176 Å². The van der Waals surface area contributed by atoms with Crippen molar-refractivity contribution in [2.45, 2.75) is 0 Å². The van der Waals surface area contributed by atoms with E-state index in [1.807, 2.05) is 23.5 Å². The van der Waals surface area contributed by atoms with Gasteiger partial charge in [-0.3, -0.25) is 4.57 Å². The van der Waals surface area contributed by atoms with Crippen LogP contribution >= 0.6 is 11.3 Å². The lowest BCUT2D eigenvalue weighted by atomic mass is 9.98. The molecule has 58 heavy (non-hydrogen) atoms. The minimum absolute atomic E-state index is 0.387. The zero-order chi connectivity index (χ0) is 38.5. The topological polar surface area (TPSA) is 46.5 Å². The van der Waals surface area contributed by atoms with Crippen LogP contribution in [0, 0.1) is 17.1 Å². The Hall–Kier alpha value is -7.59. The first-order valence-electron chi connectivity index (χ1n) is 19.2. The molecule has 0 saturated heterocycles. The maximum Gasteiger partial charge on any atom is 0.139 e. The molecule has 12 aromatic rings. The third kappa shape index (κ3) is 4.87. The number of para-hydroxylation sites is 2. The fourth-order valence-corrected chi connectivity index (χ4v) is 10.0. The summed E-state index contributed by atoms with van der Waals surface area (Å²) in [5, 5.41) is 17.8.